The Morgan fingerprint density at radius 3 is 2.67 bits per heavy atom. The van der Waals surface area contributed by atoms with Crippen LogP contribution < -0.4 is 5.32 Å². The van der Waals surface area contributed by atoms with E-state index in [2.05, 4.69) is 10.2 Å². The van der Waals surface area contributed by atoms with Crippen molar-refractivity contribution >= 4 is 9.84 Å². The molecule has 3 unspecified atom stereocenters. The number of rotatable bonds is 4. The summed E-state index contributed by atoms with van der Waals surface area (Å²) in [6, 6.07) is 0.277. The van der Waals surface area contributed by atoms with Crippen molar-refractivity contribution in [2.75, 3.05) is 32.9 Å². The van der Waals surface area contributed by atoms with Crippen molar-refractivity contribution in [1.82, 2.24) is 10.2 Å². The van der Waals surface area contributed by atoms with E-state index in [1.807, 2.05) is 7.05 Å². The van der Waals surface area contributed by atoms with Crippen LogP contribution in [0.4, 0.5) is 0 Å². The summed E-state index contributed by atoms with van der Waals surface area (Å²) >= 11 is 0. The summed E-state index contributed by atoms with van der Waals surface area (Å²) < 4.78 is 23.7. The minimum Gasteiger partial charge on any atom is -0.319 e. The summed E-state index contributed by atoms with van der Waals surface area (Å²) in [6.07, 6.45) is 6.87. The number of nitrogens with one attached hydrogen (secondary N) is 1. The molecule has 0 radical (unpaired) electrons. The van der Waals surface area contributed by atoms with Gasteiger partial charge in [-0.2, -0.15) is 0 Å². The molecule has 5 heteroatoms. The monoisotopic (exact) mass is 274 g/mol. The van der Waals surface area contributed by atoms with Crippen molar-refractivity contribution in [2.24, 2.45) is 5.92 Å². The first-order valence-electron chi connectivity index (χ1n) is 7.10. The molecule has 2 fully saturated rings. The van der Waals surface area contributed by atoms with Crippen molar-refractivity contribution in [3.63, 3.8) is 0 Å². The summed E-state index contributed by atoms with van der Waals surface area (Å²) in [7, 11) is -0.894. The van der Waals surface area contributed by atoms with Crippen molar-refractivity contribution in [2.45, 2.75) is 43.4 Å². The van der Waals surface area contributed by atoms with Gasteiger partial charge >= 0.3 is 0 Å². The van der Waals surface area contributed by atoms with Crippen molar-refractivity contribution in [3.8, 4) is 0 Å². The van der Waals surface area contributed by atoms with E-state index in [0.717, 1.165) is 38.9 Å². The van der Waals surface area contributed by atoms with E-state index in [0.29, 0.717) is 5.92 Å². The van der Waals surface area contributed by atoms with Gasteiger partial charge in [-0.25, -0.2) is 8.42 Å². The zero-order chi connectivity index (χ0) is 13.2. The third-order valence-corrected chi connectivity index (χ3v) is 6.13. The highest BCUT2D eigenvalue weighted by Crippen LogP contribution is 2.31. The standard InChI is InChI=1S/C13H26N2O2S/c1-14-9-11-5-4-8-15(10-11)12-6-3-7-13(12)18(2,16)17/h11-14H,3-10H2,1-2H3. The maximum atomic E-state index is 11.9. The number of nitrogens with zero attached hydrogens (tertiary/aromatic N) is 1. The van der Waals surface area contributed by atoms with Gasteiger partial charge in [0, 0.05) is 18.8 Å². The first-order chi connectivity index (χ1) is 8.52. The van der Waals surface area contributed by atoms with Crippen LogP contribution in [0.2, 0.25) is 0 Å². The van der Waals surface area contributed by atoms with Gasteiger partial charge in [-0.15, -0.1) is 0 Å². The Morgan fingerprint density at radius 1 is 1.22 bits per heavy atom. The quantitative estimate of drug-likeness (QED) is 0.827. The average Bonchev–Trinajstić information content (AvgIpc) is 2.78. The third kappa shape index (κ3) is 3.25. The molecule has 0 amide bonds. The predicted molar refractivity (Wildman–Crippen MR) is 74.5 cm³/mol. The first kappa shape index (κ1) is 14.3. The predicted octanol–water partition coefficient (Wildman–Crippen LogP) is 0.884. The Morgan fingerprint density at radius 2 is 2.00 bits per heavy atom. The van der Waals surface area contributed by atoms with E-state index in [4.69, 9.17) is 0 Å². The number of sulfone groups is 1. The molecule has 0 aromatic carbocycles. The van der Waals surface area contributed by atoms with Gasteiger partial charge < -0.3 is 5.32 Å². The highest BCUT2D eigenvalue weighted by atomic mass is 32.2. The lowest BCUT2D eigenvalue weighted by Crippen LogP contribution is -2.49. The second-order valence-corrected chi connectivity index (χ2v) is 8.19. The van der Waals surface area contributed by atoms with Crippen LogP contribution in [0.15, 0.2) is 0 Å². The van der Waals surface area contributed by atoms with Crippen LogP contribution in [0.25, 0.3) is 0 Å². The third-order valence-electron chi connectivity index (χ3n) is 4.48. The lowest BCUT2D eigenvalue weighted by atomic mass is 9.96. The van der Waals surface area contributed by atoms with Crippen LogP contribution in [0.3, 0.4) is 0 Å². The molecule has 1 aliphatic heterocycles. The van der Waals surface area contributed by atoms with Gasteiger partial charge in [-0.05, 0) is 51.7 Å². The molecule has 2 aliphatic rings. The summed E-state index contributed by atoms with van der Waals surface area (Å²) in [4.78, 5) is 2.45. The van der Waals surface area contributed by atoms with Crippen LogP contribution in [-0.2, 0) is 9.84 Å². The normalized spacial score (nSPS) is 34.9. The Bertz CT molecular complexity index is 367. The van der Waals surface area contributed by atoms with E-state index in [1.165, 1.54) is 19.1 Å². The van der Waals surface area contributed by atoms with Crippen molar-refractivity contribution in [1.29, 1.82) is 0 Å². The second-order valence-electron chi connectivity index (χ2n) is 5.93. The summed E-state index contributed by atoms with van der Waals surface area (Å²) in [5, 5.41) is 3.13. The molecule has 1 heterocycles. The van der Waals surface area contributed by atoms with Crippen LogP contribution in [0.1, 0.15) is 32.1 Å². The van der Waals surface area contributed by atoms with Crippen molar-refractivity contribution < 1.29 is 8.42 Å². The average molecular weight is 274 g/mol. The van der Waals surface area contributed by atoms with Gasteiger partial charge in [0.25, 0.3) is 0 Å². The maximum Gasteiger partial charge on any atom is 0.151 e. The maximum absolute atomic E-state index is 11.9. The Hall–Kier alpha value is -0.130. The Balaban J connectivity index is 2.01. The fourth-order valence-corrected chi connectivity index (χ4v) is 5.15. The molecule has 4 nitrogen and oxygen atoms in total. The molecule has 1 N–H and O–H groups in total. The molecule has 1 saturated heterocycles. The Labute approximate surface area is 111 Å². The molecule has 2 rings (SSSR count). The minimum atomic E-state index is -2.89. The fourth-order valence-electron chi connectivity index (χ4n) is 3.68. The molecule has 0 bridgehead atoms. The summed E-state index contributed by atoms with van der Waals surface area (Å²) in [5.41, 5.74) is 0. The number of likely N-dealkylation sites (tertiary alicyclic amines) is 1. The van der Waals surface area contributed by atoms with Gasteiger partial charge in [0.2, 0.25) is 0 Å². The molecule has 1 saturated carbocycles. The number of piperidine rings is 1. The van der Waals surface area contributed by atoms with E-state index in [-0.39, 0.29) is 11.3 Å². The zero-order valence-corrected chi connectivity index (χ0v) is 12.4. The van der Waals surface area contributed by atoms with Gasteiger partial charge in [-0.3, -0.25) is 4.90 Å². The lowest BCUT2D eigenvalue weighted by molar-refractivity contribution is 0.126. The summed E-state index contributed by atoms with van der Waals surface area (Å²) in [6.45, 7) is 3.20. The van der Waals surface area contributed by atoms with Crippen molar-refractivity contribution in [3.05, 3.63) is 0 Å². The lowest BCUT2D eigenvalue weighted by Gasteiger charge is -2.38. The zero-order valence-electron chi connectivity index (χ0n) is 11.6. The van der Waals surface area contributed by atoms with Crippen LogP contribution in [-0.4, -0.2) is 57.5 Å². The SMILES string of the molecule is CNCC1CCCN(C2CCCC2S(C)(=O)=O)C1. The number of hydrogen-bond acceptors (Lipinski definition) is 4. The van der Waals surface area contributed by atoms with E-state index in [9.17, 15) is 8.42 Å². The molecule has 3 atom stereocenters. The van der Waals surface area contributed by atoms with E-state index < -0.39 is 9.84 Å². The molecule has 18 heavy (non-hydrogen) atoms. The molecule has 1 aliphatic carbocycles. The van der Waals surface area contributed by atoms with E-state index in [1.54, 1.807) is 0 Å². The van der Waals surface area contributed by atoms with Gasteiger partial charge in [0.15, 0.2) is 9.84 Å². The topological polar surface area (TPSA) is 49.4 Å². The highest BCUT2D eigenvalue weighted by Gasteiger charge is 2.39. The second kappa shape index (κ2) is 5.88. The molecule has 0 spiro atoms. The van der Waals surface area contributed by atoms with Crippen LogP contribution >= 0.6 is 0 Å². The smallest absolute Gasteiger partial charge is 0.151 e. The van der Waals surface area contributed by atoms with Gasteiger partial charge in [-0.1, -0.05) is 6.42 Å². The minimum absolute atomic E-state index is 0.120. The largest absolute Gasteiger partial charge is 0.319 e. The van der Waals surface area contributed by atoms with Crippen LogP contribution in [0, 0.1) is 5.92 Å². The van der Waals surface area contributed by atoms with E-state index >= 15 is 0 Å². The molecule has 0 aromatic heterocycles. The molecular weight excluding hydrogens is 248 g/mol. The highest BCUT2D eigenvalue weighted by molar-refractivity contribution is 7.91. The van der Waals surface area contributed by atoms with Gasteiger partial charge in [0.1, 0.15) is 0 Å². The first-order valence-corrected chi connectivity index (χ1v) is 9.05. The van der Waals surface area contributed by atoms with Crippen LogP contribution in [0.5, 0.6) is 0 Å². The molecule has 106 valence electrons. The Kier molecular flexibility index (Phi) is 4.67. The van der Waals surface area contributed by atoms with Gasteiger partial charge in [0.05, 0.1) is 5.25 Å². The molecule has 0 aromatic rings. The number of hydrogen-bond donors (Lipinski definition) is 1. The summed E-state index contributed by atoms with van der Waals surface area (Å²) in [5.74, 6) is 0.685. The fraction of sp³-hybridized carbons (Fsp3) is 1.00. The molecular formula is C13H26N2O2S.